The lowest BCUT2D eigenvalue weighted by Gasteiger charge is -2.47. The van der Waals surface area contributed by atoms with Crippen LogP contribution in [0, 0.1) is 0 Å². The van der Waals surface area contributed by atoms with E-state index < -0.39 is 18.4 Å². The number of benzene rings is 1. The van der Waals surface area contributed by atoms with Gasteiger partial charge in [-0.2, -0.15) is 0 Å². The van der Waals surface area contributed by atoms with Gasteiger partial charge in [0.25, 0.3) is 0 Å². The lowest BCUT2D eigenvalue weighted by molar-refractivity contribution is 0.0411. The van der Waals surface area contributed by atoms with Gasteiger partial charge in [-0.05, 0) is 74.6 Å². The number of piperidine rings is 1. The van der Waals surface area contributed by atoms with Crippen molar-refractivity contribution in [2.24, 2.45) is 0 Å². The van der Waals surface area contributed by atoms with Gasteiger partial charge in [-0.15, -0.1) is 0 Å². The van der Waals surface area contributed by atoms with Gasteiger partial charge in [-0.3, -0.25) is 9.88 Å². The summed E-state index contributed by atoms with van der Waals surface area (Å²) >= 11 is 0. The van der Waals surface area contributed by atoms with E-state index >= 15 is 0 Å². The van der Waals surface area contributed by atoms with E-state index in [0.717, 1.165) is 24.4 Å². The molecule has 1 aromatic carbocycles. The lowest BCUT2D eigenvalue weighted by Crippen LogP contribution is -2.53. The normalized spacial score (nSPS) is 22.4. The van der Waals surface area contributed by atoms with Crippen LogP contribution in [0.2, 0.25) is 0 Å². The van der Waals surface area contributed by atoms with Gasteiger partial charge in [0.1, 0.15) is 12.3 Å². The van der Waals surface area contributed by atoms with Crippen molar-refractivity contribution in [3.63, 3.8) is 0 Å². The maximum atomic E-state index is 13.4. The summed E-state index contributed by atoms with van der Waals surface area (Å²) in [6.07, 6.45) is 2.75. The Morgan fingerprint density at radius 3 is 2.62 bits per heavy atom. The molecule has 7 nitrogen and oxygen atoms in total. The number of alkyl carbamates (subject to hydrolysis) is 1. The van der Waals surface area contributed by atoms with Crippen LogP contribution in [0.15, 0.2) is 30.5 Å². The van der Waals surface area contributed by atoms with Gasteiger partial charge in [0, 0.05) is 43.0 Å². The maximum Gasteiger partial charge on any atom is 0.407 e. The molecule has 2 aromatic rings. The number of pyridine rings is 1. The average molecular weight is 472 g/mol. The van der Waals surface area contributed by atoms with Crippen LogP contribution >= 0.6 is 0 Å². The third-order valence-corrected chi connectivity index (χ3v) is 6.59. The molecule has 4 rings (SSSR count). The summed E-state index contributed by atoms with van der Waals surface area (Å²) in [5.41, 5.74) is 3.18. The molecule has 2 aliphatic heterocycles. The Morgan fingerprint density at radius 2 is 1.94 bits per heavy atom. The van der Waals surface area contributed by atoms with Crippen LogP contribution in [0.25, 0.3) is 0 Å². The van der Waals surface area contributed by atoms with Gasteiger partial charge in [0.2, 0.25) is 0 Å². The summed E-state index contributed by atoms with van der Waals surface area (Å²) in [4.78, 5) is 19.7. The molecule has 1 aromatic heterocycles. The molecule has 1 amide bonds. The zero-order valence-electron chi connectivity index (χ0n) is 20.6. The molecular weight excluding hydrogens is 437 g/mol. The molecule has 0 bridgehead atoms. The van der Waals surface area contributed by atoms with Crippen LogP contribution in [0.1, 0.15) is 61.5 Å². The minimum absolute atomic E-state index is 0.0861. The van der Waals surface area contributed by atoms with Crippen molar-refractivity contribution in [1.29, 1.82) is 0 Å². The Labute approximate surface area is 200 Å². The van der Waals surface area contributed by atoms with Crippen molar-refractivity contribution in [3.8, 4) is 11.5 Å². The molecule has 1 N–H and O–H groups in total. The van der Waals surface area contributed by atoms with Gasteiger partial charge in [0.15, 0.2) is 11.5 Å². The van der Waals surface area contributed by atoms with Crippen LogP contribution in [0.3, 0.4) is 0 Å². The lowest BCUT2D eigenvalue weighted by atomic mass is 9.79. The number of aromatic nitrogens is 1. The summed E-state index contributed by atoms with van der Waals surface area (Å²) in [6.45, 7) is 6.56. The molecule has 3 atom stereocenters. The topological polar surface area (TPSA) is 72.9 Å². The largest absolute Gasteiger partial charge is 0.493 e. The van der Waals surface area contributed by atoms with Crippen molar-refractivity contribution in [2.75, 3.05) is 27.3 Å². The van der Waals surface area contributed by atoms with Crippen molar-refractivity contribution in [1.82, 2.24) is 15.2 Å². The van der Waals surface area contributed by atoms with Gasteiger partial charge in [-0.1, -0.05) is 0 Å². The predicted molar refractivity (Wildman–Crippen MR) is 127 cm³/mol. The number of carbonyl (C=O) groups excluding carboxylic acids is 1. The average Bonchev–Trinajstić information content (AvgIpc) is 2.81. The molecule has 2 aliphatic rings. The van der Waals surface area contributed by atoms with E-state index in [2.05, 4.69) is 27.3 Å². The second kappa shape index (κ2) is 9.78. The fraction of sp³-hybridized carbons (Fsp3) is 0.538. The zero-order valence-corrected chi connectivity index (χ0v) is 20.6. The third kappa shape index (κ3) is 5.12. The van der Waals surface area contributed by atoms with Crippen molar-refractivity contribution in [3.05, 3.63) is 52.8 Å². The second-order valence-corrected chi connectivity index (χ2v) is 9.98. The second-order valence-electron chi connectivity index (χ2n) is 9.98. The monoisotopic (exact) mass is 471 g/mol. The molecule has 34 heavy (non-hydrogen) atoms. The van der Waals surface area contributed by atoms with Crippen LogP contribution in [0.4, 0.5) is 9.18 Å². The fourth-order valence-electron chi connectivity index (χ4n) is 5.06. The molecule has 0 radical (unpaired) electrons. The van der Waals surface area contributed by atoms with Crippen LogP contribution in [-0.4, -0.2) is 54.9 Å². The molecule has 0 saturated carbocycles. The van der Waals surface area contributed by atoms with Crippen molar-refractivity contribution < 1.29 is 23.4 Å². The first-order valence-electron chi connectivity index (χ1n) is 11.7. The van der Waals surface area contributed by atoms with E-state index in [9.17, 15) is 9.18 Å². The highest BCUT2D eigenvalue weighted by Gasteiger charge is 2.41. The highest BCUT2D eigenvalue weighted by molar-refractivity contribution is 5.68. The van der Waals surface area contributed by atoms with E-state index in [1.807, 2.05) is 20.8 Å². The van der Waals surface area contributed by atoms with Gasteiger partial charge < -0.3 is 19.5 Å². The van der Waals surface area contributed by atoms with E-state index in [0.29, 0.717) is 24.3 Å². The van der Waals surface area contributed by atoms with E-state index in [-0.39, 0.29) is 18.0 Å². The molecule has 3 unspecified atom stereocenters. The number of amides is 1. The van der Waals surface area contributed by atoms with Crippen LogP contribution in [0.5, 0.6) is 11.5 Å². The number of hydrogen-bond acceptors (Lipinski definition) is 6. The molecular formula is C26H34FN3O4. The quantitative estimate of drug-likeness (QED) is 0.690. The Balaban J connectivity index is 1.68. The van der Waals surface area contributed by atoms with Crippen molar-refractivity contribution >= 4 is 6.09 Å². The van der Waals surface area contributed by atoms with Crippen molar-refractivity contribution in [2.45, 2.75) is 63.9 Å². The Bertz CT molecular complexity index is 1040. The SMILES string of the molecule is COc1cc2c(cc1OC)C1CC(NC(=O)OC(C)(C)C)C(c3cc(CF)ccn3)CN1CC2. The number of ether oxygens (including phenoxy) is 3. The summed E-state index contributed by atoms with van der Waals surface area (Å²) in [7, 11) is 3.28. The molecule has 0 spiro atoms. The molecule has 3 heterocycles. The number of carbonyl (C=O) groups is 1. The number of fused-ring (bicyclic) bond motifs is 3. The molecule has 0 aliphatic carbocycles. The summed E-state index contributed by atoms with van der Waals surface area (Å²) < 4.78 is 30.0. The summed E-state index contributed by atoms with van der Waals surface area (Å²) in [6, 6.07) is 7.47. The van der Waals surface area contributed by atoms with Gasteiger partial charge in [0.05, 0.1) is 14.2 Å². The van der Waals surface area contributed by atoms with Crippen LogP contribution in [-0.2, 0) is 17.8 Å². The first kappa shape index (κ1) is 24.3. The van der Waals surface area contributed by atoms with E-state index in [1.165, 1.54) is 11.1 Å². The number of hydrogen-bond donors (Lipinski definition) is 1. The number of rotatable bonds is 5. The molecule has 1 saturated heterocycles. The Morgan fingerprint density at radius 1 is 1.21 bits per heavy atom. The minimum Gasteiger partial charge on any atom is -0.493 e. The number of alkyl halides is 1. The standard InChI is InChI=1S/C26H34FN3O4/c1-26(2,3)34-25(31)29-21-13-22-18-12-24(33-5)23(32-4)11-17(18)7-9-30(22)15-19(21)20-10-16(14-27)6-8-28-20/h6,8,10-12,19,21-22H,7,9,13-15H2,1-5H3,(H,29,31). The first-order valence-corrected chi connectivity index (χ1v) is 11.7. The number of halogens is 1. The van der Waals surface area contributed by atoms with E-state index in [4.69, 9.17) is 14.2 Å². The van der Waals surface area contributed by atoms with Gasteiger partial charge in [-0.25, -0.2) is 9.18 Å². The Hall–Kier alpha value is -2.87. The fourth-order valence-corrected chi connectivity index (χ4v) is 5.06. The molecule has 184 valence electrons. The smallest absolute Gasteiger partial charge is 0.407 e. The maximum absolute atomic E-state index is 13.4. The molecule has 1 fully saturated rings. The summed E-state index contributed by atoms with van der Waals surface area (Å²) in [5.74, 6) is 1.33. The van der Waals surface area contributed by atoms with E-state index in [1.54, 1.807) is 32.5 Å². The number of nitrogens with zero attached hydrogens (tertiary/aromatic N) is 2. The number of nitrogens with one attached hydrogen (secondary N) is 1. The highest BCUT2D eigenvalue weighted by atomic mass is 19.1. The zero-order chi connectivity index (χ0) is 24.5. The minimum atomic E-state index is -0.603. The first-order chi connectivity index (χ1) is 16.2. The Kier molecular flexibility index (Phi) is 6.98. The highest BCUT2D eigenvalue weighted by Crippen LogP contribution is 2.44. The van der Waals surface area contributed by atoms with Gasteiger partial charge >= 0.3 is 6.09 Å². The number of methoxy groups -OCH3 is 2. The molecule has 8 heteroatoms. The summed E-state index contributed by atoms with van der Waals surface area (Å²) in [5, 5.41) is 3.10. The predicted octanol–water partition coefficient (Wildman–Crippen LogP) is 4.55. The third-order valence-electron chi connectivity index (χ3n) is 6.59. The van der Waals surface area contributed by atoms with Crippen LogP contribution < -0.4 is 14.8 Å².